The molecule has 0 saturated carbocycles. The Labute approximate surface area is 182 Å². The molecule has 0 bridgehead atoms. The lowest BCUT2D eigenvalue weighted by atomic mass is 10.2. The quantitative estimate of drug-likeness (QED) is 0.418. The lowest BCUT2D eigenvalue weighted by molar-refractivity contribution is -0.137. The molecule has 0 aliphatic rings. The minimum Gasteiger partial charge on any atom is -0.455 e. The van der Waals surface area contributed by atoms with Crippen molar-refractivity contribution in [1.29, 1.82) is 0 Å². The highest BCUT2D eigenvalue weighted by Crippen LogP contribution is 2.28. The number of aromatic nitrogens is 6. The summed E-state index contributed by atoms with van der Waals surface area (Å²) in [4.78, 5) is 33.1. The highest BCUT2D eigenvalue weighted by atomic mass is 32.1. The van der Waals surface area contributed by atoms with Crippen molar-refractivity contribution in [2.45, 2.75) is 33.1 Å². The molecule has 166 valence electrons. The van der Waals surface area contributed by atoms with Crippen molar-refractivity contribution in [1.82, 2.24) is 29.4 Å². The van der Waals surface area contributed by atoms with Crippen molar-refractivity contribution in [3.63, 3.8) is 0 Å². The number of hydrogen-bond acceptors (Lipinski definition) is 8. The number of halogens is 3. The van der Waals surface area contributed by atoms with Gasteiger partial charge >= 0.3 is 12.1 Å². The summed E-state index contributed by atoms with van der Waals surface area (Å²) in [5.41, 5.74) is -0.562. The second-order valence-electron chi connectivity index (χ2n) is 6.66. The number of aryl methyl sites for hydroxylation is 1. The maximum Gasteiger partial charge on any atom is 0.417 e. The molecule has 4 aromatic rings. The van der Waals surface area contributed by atoms with Gasteiger partial charge in [-0.3, -0.25) is 4.79 Å². The Hall–Kier alpha value is -3.61. The fraction of sp³-hybridized carbons (Fsp3) is 0.263. The van der Waals surface area contributed by atoms with Gasteiger partial charge in [0.1, 0.15) is 17.2 Å². The van der Waals surface area contributed by atoms with Crippen LogP contribution in [0.25, 0.3) is 10.8 Å². The second kappa shape index (κ2) is 8.15. The van der Waals surface area contributed by atoms with E-state index in [0.717, 1.165) is 17.1 Å². The average molecular weight is 464 g/mol. The third-order valence-electron chi connectivity index (χ3n) is 4.52. The highest BCUT2D eigenvalue weighted by molar-refractivity contribution is 7.16. The number of pyridine rings is 1. The topological polar surface area (TPSA) is 104 Å². The molecule has 9 nitrogen and oxygen atoms in total. The molecular weight excluding hydrogens is 449 g/mol. The number of carbonyl (C=O) groups excluding carboxylic acids is 1. The summed E-state index contributed by atoms with van der Waals surface area (Å²) in [6, 6.07) is 3.27. The van der Waals surface area contributed by atoms with Crippen LogP contribution in [0, 0.1) is 6.92 Å². The van der Waals surface area contributed by atoms with Crippen LogP contribution in [0.3, 0.4) is 0 Å². The van der Waals surface area contributed by atoms with Crippen molar-refractivity contribution >= 4 is 22.3 Å². The van der Waals surface area contributed by atoms with E-state index < -0.39 is 17.7 Å². The largest absolute Gasteiger partial charge is 0.455 e. The number of rotatable bonds is 5. The SMILES string of the molecule is CCc1nn2c(=O)cc(COC(=O)c3cnn(-c4ccc(C(F)(F)F)cn4)c3C)nc2s1. The molecule has 0 saturated heterocycles. The summed E-state index contributed by atoms with van der Waals surface area (Å²) in [7, 11) is 0. The van der Waals surface area contributed by atoms with E-state index in [4.69, 9.17) is 4.74 Å². The van der Waals surface area contributed by atoms with Crippen molar-refractivity contribution in [2.24, 2.45) is 0 Å². The van der Waals surface area contributed by atoms with Crippen LogP contribution in [-0.2, 0) is 23.9 Å². The minimum absolute atomic E-state index is 0.107. The molecule has 0 atom stereocenters. The van der Waals surface area contributed by atoms with Crippen molar-refractivity contribution in [3.05, 3.63) is 68.5 Å². The smallest absolute Gasteiger partial charge is 0.417 e. The van der Waals surface area contributed by atoms with Gasteiger partial charge in [0, 0.05) is 12.3 Å². The minimum atomic E-state index is -4.50. The van der Waals surface area contributed by atoms with Gasteiger partial charge in [0.25, 0.3) is 5.56 Å². The first kappa shape index (κ1) is 21.6. The molecule has 0 aliphatic carbocycles. The first-order valence-electron chi connectivity index (χ1n) is 9.31. The van der Waals surface area contributed by atoms with Crippen molar-refractivity contribution < 1.29 is 22.7 Å². The fourth-order valence-electron chi connectivity index (χ4n) is 2.85. The summed E-state index contributed by atoms with van der Waals surface area (Å²) < 4.78 is 45.8. The van der Waals surface area contributed by atoms with E-state index in [1.807, 2.05) is 6.92 Å². The Morgan fingerprint density at radius 1 is 1.25 bits per heavy atom. The predicted octanol–water partition coefficient (Wildman–Crippen LogP) is 2.98. The Balaban J connectivity index is 1.51. The van der Waals surface area contributed by atoms with Gasteiger partial charge in [-0.1, -0.05) is 18.3 Å². The van der Waals surface area contributed by atoms with Crippen LogP contribution in [0.5, 0.6) is 0 Å². The molecule has 0 aromatic carbocycles. The van der Waals surface area contributed by atoms with E-state index in [1.54, 1.807) is 6.92 Å². The van der Waals surface area contributed by atoms with Gasteiger partial charge in [0.05, 0.1) is 23.1 Å². The highest BCUT2D eigenvalue weighted by Gasteiger charge is 2.31. The number of fused-ring (bicyclic) bond motifs is 1. The van der Waals surface area contributed by atoms with Gasteiger partial charge < -0.3 is 4.74 Å². The zero-order valence-electron chi connectivity index (χ0n) is 16.8. The number of carbonyl (C=O) groups is 1. The third kappa shape index (κ3) is 4.10. The van der Waals surface area contributed by atoms with Crippen LogP contribution in [-0.4, -0.2) is 35.3 Å². The summed E-state index contributed by atoms with van der Waals surface area (Å²) in [6.45, 7) is 3.23. The molecule has 4 heterocycles. The lowest BCUT2D eigenvalue weighted by Gasteiger charge is -2.08. The van der Waals surface area contributed by atoms with E-state index >= 15 is 0 Å². The summed E-state index contributed by atoms with van der Waals surface area (Å²) in [5, 5.41) is 8.92. The van der Waals surface area contributed by atoms with E-state index in [-0.39, 0.29) is 29.2 Å². The molecule has 0 fully saturated rings. The third-order valence-corrected chi connectivity index (χ3v) is 5.57. The van der Waals surface area contributed by atoms with Crippen LogP contribution in [0.2, 0.25) is 0 Å². The standard InChI is InChI=1S/C19H15F3N6O3S/c1-3-15-26-28-16(29)6-12(25-18(28)32-15)9-31-17(30)13-8-24-27(10(13)2)14-5-4-11(7-23-14)19(20,21)22/h4-8H,3,9H2,1-2H3. The molecule has 0 N–H and O–H groups in total. The van der Waals surface area contributed by atoms with Gasteiger partial charge in [-0.05, 0) is 25.5 Å². The first-order chi connectivity index (χ1) is 15.2. The van der Waals surface area contributed by atoms with Crippen LogP contribution in [0.4, 0.5) is 13.2 Å². The molecular formula is C19H15F3N6O3S. The van der Waals surface area contributed by atoms with Crippen LogP contribution < -0.4 is 5.56 Å². The molecule has 32 heavy (non-hydrogen) atoms. The molecule has 13 heteroatoms. The molecule has 0 spiro atoms. The molecule has 4 aromatic heterocycles. The normalized spacial score (nSPS) is 11.8. The summed E-state index contributed by atoms with van der Waals surface area (Å²) in [6.07, 6.45) is -1.91. The molecule has 4 rings (SSSR count). The van der Waals surface area contributed by atoms with E-state index in [1.165, 1.54) is 32.8 Å². The van der Waals surface area contributed by atoms with Crippen LogP contribution in [0.15, 0.2) is 35.4 Å². The van der Waals surface area contributed by atoms with Crippen molar-refractivity contribution in [3.8, 4) is 5.82 Å². The van der Waals surface area contributed by atoms with Gasteiger partial charge in [-0.2, -0.15) is 27.9 Å². The van der Waals surface area contributed by atoms with E-state index in [2.05, 4.69) is 20.2 Å². The lowest BCUT2D eigenvalue weighted by Crippen LogP contribution is -2.17. The molecule has 0 unspecified atom stereocenters. The van der Waals surface area contributed by atoms with Crippen LogP contribution >= 0.6 is 11.3 Å². The number of esters is 1. The van der Waals surface area contributed by atoms with E-state index in [9.17, 15) is 22.8 Å². The van der Waals surface area contributed by atoms with Crippen molar-refractivity contribution in [2.75, 3.05) is 0 Å². The summed E-state index contributed by atoms with van der Waals surface area (Å²) in [5.74, 6) is -0.604. The predicted molar refractivity (Wildman–Crippen MR) is 107 cm³/mol. The number of nitrogens with zero attached hydrogens (tertiary/aromatic N) is 6. The molecule has 0 aliphatic heterocycles. The Bertz CT molecular complexity index is 1360. The number of alkyl halides is 3. The zero-order chi connectivity index (χ0) is 23.0. The Morgan fingerprint density at radius 3 is 2.69 bits per heavy atom. The maximum atomic E-state index is 12.7. The van der Waals surface area contributed by atoms with Crippen LogP contribution in [0.1, 0.15) is 39.2 Å². The molecule has 0 radical (unpaired) electrons. The Morgan fingerprint density at radius 2 is 2.03 bits per heavy atom. The maximum absolute atomic E-state index is 12.7. The monoisotopic (exact) mass is 464 g/mol. The van der Waals surface area contributed by atoms with Gasteiger partial charge in [0.2, 0.25) is 4.96 Å². The van der Waals surface area contributed by atoms with Gasteiger partial charge in [0.15, 0.2) is 5.82 Å². The fourth-order valence-corrected chi connectivity index (χ4v) is 3.71. The second-order valence-corrected chi connectivity index (χ2v) is 7.70. The van der Waals surface area contributed by atoms with E-state index in [0.29, 0.717) is 23.3 Å². The van der Waals surface area contributed by atoms with Gasteiger partial charge in [-0.15, -0.1) is 0 Å². The zero-order valence-corrected chi connectivity index (χ0v) is 17.6. The Kier molecular flexibility index (Phi) is 5.50. The number of ether oxygens (including phenoxy) is 1. The molecule has 0 amide bonds. The first-order valence-corrected chi connectivity index (χ1v) is 10.1. The number of hydrogen-bond donors (Lipinski definition) is 0. The average Bonchev–Trinajstić information content (AvgIpc) is 3.35. The van der Waals surface area contributed by atoms with Gasteiger partial charge in [-0.25, -0.2) is 19.4 Å². The summed E-state index contributed by atoms with van der Waals surface area (Å²) >= 11 is 1.27.